The number of urea groups is 1. The highest BCUT2D eigenvalue weighted by atomic mass is 16.3. The van der Waals surface area contributed by atoms with Gasteiger partial charge < -0.3 is 5.11 Å². The number of amides is 2. The molecule has 5 heteroatoms. The first kappa shape index (κ1) is 16.2. The molecule has 1 saturated heterocycles. The van der Waals surface area contributed by atoms with Crippen molar-refractivity contribution in [3.05, 3.63) is 66.2 Å². The van der Waals surface area contributed by atoms with E-state index in [1.165, 1.54) is 4.90 Å². The van der Waals surface area contributed by atoms with Crippen LogP contribution in [0.1, 0.15) is 26.3 Å². The van der Waals surface area contributed by atoms with Crippen LogP contribution in [0.25, 0.3) is 0 Å². The molecule has 2 amide bonds. The summed E-state index contributed by atoms with van der Waals surface area (Å²) in [6.07, 6.45) is 0. The molecule has 0 aromatic heterocycles. The van der Waals surface area contributed by atoms with E-state index in [-0.39, 0.29) is 5.84 Å². The Labute approximate surface area is 141 Å². The summed E-state index contributed by atoms with van der Waals surface area (Å²) < 4.78 is 0. The standard InChI is InChI=1S/C19H21N3O2/c1-18(2,3)21-16-19(24,14-10-6-4-7-11-14)22(17(23)20-16)15-12-8-5-9-13-15/h4-13,24H,1-3H3,(H,20,21,23)/t19-/m1/s1. The first-order valence-electron chi connectivity index (χ1n) is 7.87. The Balaban J connectivity index is 2.22. The summed E-state index contributed by atoms with van der Waals surface area (Å²) in [7, 11) is 0. The minimum absolute atomic E-state index is 0.232. The number of aliphatic hydroxyl groups is 1. The maximum atomic E-state index is 12.6. The van der Waals surface area contributed by atoms with Crippen molar-refractivity contribution >= 4 is 17.6 Å². The Morgan fingerprint density at radius 3 is 2.08 bits per heavy atom. The van der Waals surface area contributed by atoms with Gasteiger partial charge in [0.25, 0.3) is 0 Å². The molecule has 1 atom stereocenters. The number of anilines is 1. The van der Waals surface area contributed by atoms with Crippen LogP contribution in [0.2, 0.25) is 0 Å². The second-order valence-corrected chi connectivity index (χ2v) is 6.77. The lowest BCUT2D eigenvalue weighted by molar-refractivity contribution is 0.119. The van der Waals surface area contributed by atoms with Crippen LogP contribution in [-0.4, -0.2) is 22.5 Å². The number of rotatable bonds is 2. The molecule has 0 saturated carbocycles. The molecular weight excluding hydrogens is 302 g/mol. The van der Waals surface area contributed by atoms with Gasteiger partial charge in [0.1, 0.15) is 0 Å². The van der Waals surface area contributed by atoms with Crippen molar-refractivity contribution in [1.82, 2.24) is 5.32 Å². The van der Waals surface area contributed by atoms with Gasteiger partial charge in [-0.15, -0.1) is 0 Å². The van der Waals surface area contributed by atoms with Crippen LogP contribution in [0.5, 0.6) is 0 Å². The molecule has 1 heterocycles. The molecule has 2 aromatic rings. The van der Waals surface area contributed by atoms with E-state index in [4.69, 9.17) is 0 Å². The van der Waals surface area contributed by atoms with E-state index >= 15 is 0 Å². The summed E-state index contributed by atoms with van der Waals surface area (Å²) in [5.41, 5.74) is -0.943. The molecule has 0 radical (unpaired) electrons. The molecule has 1 aliphatic heterocycles. The Kier molecular flexibility index (Phi) is 3.89. The van der Waals surface area contributed by atoms with Crippen LogP contribution < -0.4 is 10.2 Å². The summed E-state index contributed by atoms with van der Waals surface area (Å²) in [6.45, 7) is 5.76. The molecule has 1 fully saturated rings. The quantitative estimate of drug-likeness (QED) is 0.891. The molecule has 0 aliphatic carbocycles. The summed E-state index contributed by atoms with van der Waals surface area (Å²) in [4.78, 5) is 18.5. The van der Waals surface area contributed by atoms with Gasteiger partial charge in [-0.1, -0.05) is 48.5 Å². The first-order valence-corrected chi connectivity index (χ1v) is 7.87. The number of nitrogens with zero attached hydrogens (tertiary/aromatic N) is 2. The second kappa shape index (κ2) is 5.76. The van der Waals surface area contributed by atoms with E-state index in [1.807, 2.05) is 57.2 Å². The van der Waals surface area contributed by atoms with E-state index in [0.29, 0.717) is 11.3 Å². The van der Waals surface area contributed by atoms with Crippen molar-refractivity contribution in [2.45, 2.75) is 32.0 Å². The van der Waals surface area contributed by atoms with Gasteiger partial charge in [0.15, 0.2) is 5.84 Å². The van der Waals surface area contributed by atoms with E-state index in [2.05, 4.69) is 10.3 Å². The highest BCUT2D eigenvalue weighted by Crippen LogP contribution is 2.36. The molecule has 0 spiro atoms. The van der Waals surface area contributed by atoms with Crippen molar-refractivity contribution < 1.29 is 9.90 Å². The average Bonchev–Trinajstić information content (AvgIpc) is 2.79. The van der Waals surface area contributed by atoms with E-state index < -0.39 is 17.3 Å². The minimum atomic E-state index is -1.67. The highest BCUT2D eigenvalue weighted by Gasteiger charge is 2.52. The lowest BCUT2D eigenvalue weighted by Crippen LogP contribution is -2.47. The maximum absolute atomic E-state index is 12.6. The van der Waals surface area contributed by atoms with Crippen LogP contribution >= 0.6 is 0 Å². The Bertz CT molecular complexity index is 766. The fraction of sp³-hybridized carbons (Fsp3) is 0.263. The van der Waals surface area contributed by atoms with Crippen molar-refractivity contribution in [2.75, 3.05) is 4.90 Å². The smallest absolute Gasteiger partial charge is 0.330 e. The number of hydrogen-bond donors (Lipinski definition) is 2. The third-order valence-corrected chi connectivity index (χ3v) is 3.72. The SMILES string of the molecule is CC(C)(C)N=C1NC(=O)N(c2ccccc2)[C@@]1(O)c1ccccc1. The maximum Gasteiger partial charge on any atom is 0.330 e. The Morgan fingerprint density at radius 1 is 1.00 bits per heavy atom. The zero-order valence-corrected chi connectivity index (χ0v) is 14.0. The van der Waals surface area contributed by atoms with Gasteiger partial charge >= 0.3 is 6.03 Å². The van der Waals surface area contributed by atoms with Crippen LogP contribution in [-0.2, 0) is 5.72 Å². The number of carbonyl (C=O) groups is 1. The van der Waals surface area contributed by atoms with E-state index in [9.17, 15) is 9.90 Å². The molecule has 124 valence electrons. The third-order valence-electron chi connectivity index (χ3n) is 3.72. The summed E-state index contributed by atoms with van der Waals surface area (Å²) in [6, 6.07) is 17.8. The fourth-order valence-corrected chi connectivity index (χ4v) is 2.76. The first-order chi connectivity index (χ1) is 11.3. The highest BCUT2D eigenvalue weighted by molar-refractivity contribution is 6.18. The number of benzene rings is 2. The third kappa shape index (κ3) is 2.78. The molecular formula is C19H21N3O2. The zero-order valence-electron chi connectivity index (χ0n) is 14.0. The number of amidine groups is 1. The number of carbonyl (C=O) groups excluding carboxylic acids is 1. The van der Waals surface area contributed by atoms with Gasteiger partial charge in [0, 0.05) is 11.3 Å². The zero-order chi connectivity index (χ0) is 17.4. The molecule has 3 rings (SSSR count). The number of para-hydroxylation sites is 1. The Morgan fingerprint density at radius 2 is 1.54 bits per heavy atom. The summed E-state index contributed by atoms with van der Waals surface area (Å²) in [5, 5.41) is 14.3. The monoisotopic (exact) mass is 323 g/mol. The van der Waals surface area contributed by atoms with Gasteiger partial charge in [-0.25, -0.2) is 4.79 Å². The number of nitrogens with one attached hydrogen (secondary N) is 1. The lowest BCUT2D eigenvalue weighted by Gasteiger charge is -2.33. The average molecular weight is 323 g/mol. The van der Waals surface area contributed by atoms with Crippen molar-refractivity contribution in [2.24, 2.45) is 4.99 Å². The predicted molar refractivity (Wildman–Crippen MR) is 95.0 cm³/mol. The van der Waals surface area contributed by atoms with Crippen LogP contribution in [0.4, 0.5) is 10.5 Å². The summed E-state index contributed by atoms with van der Waals surface area (Å²) >= 11 is 0. The van der Waals surface area contributed by atoms with Crippen molar-refractivity contribution in [1.29, 1.82) is 0 Å². The van der Waals surface area contributed by atoms with Crippen molar-refractivity contribution in [3.8, 4) is 0 Å². The van der Waals surface area contributed by atoms with Gasteiger partial charge in [0.05, 0.1) is 5.54 Å². The van der Waals surface area contributed by atoms with Gasteiger partial charge in [-0.3, -0.25) is 15.2 Å². The number of hydrogen-bond acceptors (Lipinski definition) is 3. The normalized spacial score (nSPS) is 22.8. The largest absolute Gasteiger partial charge is 0.360 e. The van der Waals surface area contributed by atoms with Gasteiger partial charge in [-0.05, 0) is 32.9 Å². The molecule has 5 nitrogen and oxygen atoms in total. The van der Waals surface area contributed by atoms with Crippen LogP contribution in [0.3, 0.4) is 0 Å². The molecule has 2 N–H and O–H groups in total. The minimum Gasteiger partial charge on any atom is -0.360 e. The van der Waals surface area contributed by atoms with Crippen LogP contribution in [0.15, 0.2) is 65.7 Å². The molecule has 24 heavy (non-hydrogen) atoms. The summed E-state index contributed by atoms with van der Waals surface area (Å²) in [5.74, 6) is 0.232. The van der Waals surface area contributed by atoms with E-state index in [1.54, 1.807) is 24.3 Å². The topological polar surface area (TPSA) is 64.9 Å². The molecule has 0 bridgehead atoms. The second-order valence-electron chi connectivity index (χ2n) is 6.77. The lowest BCUT2D eigenvalue weighted by atomic mass is 9.99. The van der Waals surface area contributed by atoms with E-state index in [0.717, 1.165) is 0 Å². The molecule has 1 aliphatic rings. The fourth-order valence-electron chi connectivity index (χ4n) is 2.76. The predicted octanol–water partition coefficient (Wildman–Crippen LogP) is 3.26. The van der Waals surface area contributed by atoms with Crippen LogP contribution in [0, 0.1) is 0 Å². The molecule has 0 unspecified atom stereocenters. The number of aliphatic imine (C=N–C) groups is 1. The van der Waals surface area contributed by atoms with Crippen molar-refractivity contribution in [3.63, 3.8) is 0 Å². The Hall–Kier alpha value is -2.66. The van der Waals surface area contributed by atoms with Gasteiger partial charge in [0.2, 0.25) is 5.72 Å². The molecule has 2 aromatic carbocycles. The van der Waals surface area contributed by atoms with Gasteiger partial charge in [-0.2, -0.15) is 0 Å².